The van der Waals surface area contributed by atoms with E-state index in [1.54, 1.807) is 28.0 Å². The van der Waals surface area contributed by atoms with Crippen LogP contribution < -0.4 is 11.2 Å². The molecule has 164 valence electrons. The van der Waals surface area contributed by atoms with E-state index in [0.29, 0.717) is 17.6 Å². The van der Waals surface area contributed by atoms with Crippen LogP contribution in [-0.4, -0.2) is 9.13 Å². The molecule has 2 aromatic heterocycles. The average Bonchev–Trinajstić information content (AvgIpc) is 2.98. The fraction of sp³-hybridized carbons (Fsp3) is 0.308. The lowest BCUT2D eigenvalue weighted by Crippen LogP contribution is -2.39. The largest absolute Gasteiger partial charge is 0.337 e. The molecular weight excluding hydrogens is 423 g/mol. The third kappa shape index (κ3) is 3.52. The van der Waals surface area contributed by atoms with Crippen molar-refractivity contribution in [1.82, 2.24) is 9.13 Å². The van der Waals surface area contributed by atoms with Gasteiger partial charge in [0.05, 0.1) is 17.6 Å². The number of hydrogen-bond donors (Lipinski definition) is 0. The Morgan fingerprint density at radius 2 is 1.69 bits per heavy atom. The second-order valence-corrected chi connectivity index (χ2v) is 9.73. The number of fused-ring (bicyclic) bond motifs is 3. The van der Waals surface area contributed by atoms with Gasteiger partial charge < -0.3 is 0 Å². The Bertz CT molecular complexity index is 1440. The molecule has 0 saturated heterocycles. The van der Waals surface area contributed by atoms with Gasteiger partial charge >= 0.3 is 5.69 Å². The van der Waals surface area contributed by atoms with Crippen LogP contribution >= 0.6 is 11.3 Å². The smallest absolute Gasteiger partial charge is 0.280 e. The third-order valence-corrected chi connectivity index (χ3v) is 7.80. The van der Waals surface area contributed by atoms with Gasteiger partial charge in [-0.1, -0.05) is 24.6 Å². The first-order valence-electron chi connectivity index (χ1n) is 11.1. The maximum Gasteiger partial charge on any atom is 0.337 e. The first kappa shape index (κ1) is 20.9. The van der Waals surface area contributed by atoms with Crippen LogP contribution in [0, 0.1) is 19.7 Å². The van der Waals surface area contributed by atoms with Gasteiger partial charge in [-0.3, -0.25) is 9.36 Å². The van der Waals surface area contributed by atoms with Crippen molar-refractivity contribution in [2.45, 2.75) is 52.5 Å². The second kappa shape index (κ2) is 8.17. The van der Waals surface area contributed by atoms with Crippen molar-refractivity contribution in [2.75, 3.05) is 0 Å². The van der Waals surface area contributed by atoms with Crippen LogP contribution in [-0.2, 0) is 19.4 Å². The number of rotatable bonds is 3. The van der Waals surface area contributed by atoms with Crippen LogP contribution in [0.2, 0.25) is 0 Å². The Morgan fingerprint density at radius 1 is 0.938 bits per heavy atom. The summed E-state index contributed by atoms with van der Waals surface area (Å²) in [5.74, 6) is -0.311. The van der Waals surface area contributed by atoms with E-state index in [4.69, 9.17) is 0 Å². The standard InChI is InChI=1S/C26H25FN2O2S/c1-16-8-13-20(14-17(16)2)29-24(30)23-21-6-4-3-5-7-22(21)32-25(23)28(26(29)31)15-18-9-11-19(27)12-10-18/h8-14H,3-7,15H2,1-2H3. The zero-order chi connectivity index (χ0) is 22.4. The fourth-order valence-corrected chi connectivity index (χ4v) is 5.92. The summed E-state index contributed by atoms with van der Waals surface area (Å²) < 4.78 is 16.5. The fourth-order valence-electron chi connectivity index (χ4n) is 4.55. The van der Waals surface area contributed by atoms with E-state index in [0.717, 1.165) is 59.2 Å². The Morgan fingerprint density at radius 3 is 2.44 bits per heavy atom. The van der Waals surface area contributed by atoms with Gasteiger partial charge in [0.2, 0.25) is 0 Å². The predicted molar refractivity (Wildman–Crippen MR) is 128 cm³/mol. The molecule has 0 atom stereocenters. The van der Waals surface area contributed by atoms with Crippen molar-refractivity contribution in [1.29, 1.82) is 0 Å². The summed E-state index contributed by atoms with van der Waals surface area (Å²) in [5, 5.41) is 0.673. The van der Waals surface area contributed by atoms with Crippen LogP contribution in [0.15, 0.2) is 52.1 Å². The molecule has 0 unspecified atom stereocenters. The lowest BCUT2D eigenvalue weighted by atomic mass is 10.1. The van der Waals surface area contributed by atoms with E-state index in [1.165, 1.54) is 21.6 Å². The first-order chi connectivity index (χ1) is 15.4. The summed E-state index contributed by atoms with van der Waals surface area (Å²) in [4.78, 5) is 29.4. The van der Waals surface area contributed by atoms with E-state index in [-0.39, 0.29) is 17.1 Å². The second-order valence-electron chi connectivity index (χ2n) is 8.65. The quantitative estimate of drug-likeness (QED) is 0.400. The van der Waals surface area contributed by atoms with E-state index in [2.05, 4.69) is 0 Å². The normalized spacial score (nSPS) is 13.8. The predicted octanol–water partition coefficient (Wildman–Crippen LogP) is 5.29. The van der Waals surface area contributed by atoms with Gasteiger partial charge in [-0.2, -0.15) is 0 Å². The maximum atomic E-state index is 13.7. The Labute approximate surface area is 189 Å². The summed E-state index contributed by atoms with van der Waals surface area (Å²) in [5.41, 5.74) is 4.07. The molecule has 4 nitrogen and oxygen atoms in total. The summed E-state index contributed by atoms with van der Waals surface area (Å²) in [6.45, 7) is 4.28. The van der Waals surface area contributed by atoms with Gasteiger partial charge in [0, 0.05) is 4.88 Å². The van der Waals surface area contributed by atoms with E-state index in [9.17, 15) is 14.0 Å². The minimum Gasteiger partial charge on any atom is -0.280 e. The minimum absolute atomic E-state index is 0.233. The molecule has 32 heavy (non-hydrogen) atoms. The highest BCUT2D eigenvalue weighted by molar-refractivity contribution is 7.18. The highest BCUT2D eigenvalue weighted by Crippen LogP contribution is 2.34. The van der Waals surface area contributed by atoms with Crippen molar-refractivity contribution in [2.24, 2.45) is 0 Å². The minimum atomic E-state index is -0.355. The van der Waals surface area contributed by atoms with Gasteiger partial charge in [-0.15, -0.1) is 11.3 Å². The summed E-state index contributed by atoms with van der Waals surface area (Å²) in [6, 6.07) is 11.9. The summed E-state index contributed by atoms with van der Waals surface area (Å²) in [7, 11) is 0. The Hall–Kier alpha value is -2.99. The molecule has 2 heterocycles. The summed E-state index contributed by atoms with van der Waals surface area (Å²) in [6.07, 6.45) is 5.13. The van der Waals surface area contributed by atoms with Crippen LogP contribution in [0.4, 0.5) is 4.39 Å². The number of halogens is 1. The Balaban J connectivity index is 1.82. The molecule has 1 aliphatic carbocycles. The third-order valence-electron chi connectivity index (χ3n) is 6.49. The number of thiophene rings is 1. The van der Waals surface area contributed by atoms with Crippen molar-refractivity contribution in [3.8, 4) is 5.69 Å². The van der Waals surface area contributed by atoms with Crippen LogP contribution in [0.3, 0.4) is 0 Å². The molecule has 0 aliphatic heterocycles. The lowest BCUT2D eigenvalue weighted by Gasteiger charge is -2.14. The van der Waals surface area contributed by atoms with Crippen LogP contribution in [0.25, 0.3) is 15.9 Å². The van der Waals surface area contributed by atoms with Gasteiger partial charge in [-0.05, 0) is 86.1 Å². The van der Waals surface area contributed by atoms with Crippen LogP contribution in [0.5, 0.6) is 0 Å². The molecule has 4 aromatic rings. The molecule has 0 radical (unpaired) electrons. The van der Waals surface area contributed by atoms with Crippen molar-refractivity contribution in [3.05, 3.63) is 96.3 Å². The Kier molecular flexibility index (Phi) is 5.33. The van der Waals surface area contributed by atoms with E-state index in [1.807, 2.05) is 32.0 Å². The molecule has 0 fully saturated rings. The van der Waals surface area contributed by atoms with Crippen LogP contribution in [0.1, 0.15) is 46.4 Å². The van der Waals surface area contributed by atoms with Gasteiger partial charge in [0.15, 0.2) is 0 Å². The van der Waals surface area contributed by atoms with Gasteiger partial charge in [-0.25, -0.2) is 13.8 Å². The molecule has 0 bridgehead atoms. The molecule has 5 rings (SSSR count). The number of aromatic nitrogens is 2. The molecule has 1 aliphatic rings. The van der Waals surface area contributed by atoms with Gasteiger partial charge in [0.1, 0.15) is 10.6 Å². The first-order valence-corrected chi connectivity index (χ1v) is 11.9. The molecule has 0 spiro atoms. The average molecular weight is 449 g/mol. The number of nitrogens with zero attached hydrogens (tertiary/aromatic N) is 2. The van der Waals surface area contributed by atoms with Crippen molar-refractivity contribution in [3.63, 3.8) is 0 Å². The van der Waals surface area contributed by atoms with E-state index >= 15 is 0 Å². The van der Waals surface area contributed by atoms with Gasteiger partial charge in [0.25, 0.3) is 5.56 Å². The zero-order valence-corrected chi connectivity index (χ0v) is 19.1. The molecule has 0 amide bonds. The molecule has 6 heteroatoms. The number of aryl methyl sites for hydroxylation is 4. The van der Waals surface area contributed by atoms with E-state index < -0.39 is 0 Å². The number of hydrogen-bond acceptors (Lipinski definition) is 3. The van der Waals surface area contributed by atoms with Crippen molar-refractivity contribution >= 4 is 21.6 Å². The monoisotopic (exact) mass is 448 g/mol. The lowest BCUT2D eigenvalue weighted by molar-refractivity contribution is 0.626. The summed E-state index contributed by atoms with van der Waals surface area (Å²) >= 11 is 1.58. The topological polar surface area (TPSA) is 44.0 Å². The molecular formula is C26H25FN2O2S. The van der Waals surface area contributed by atoms with Crippen molar-refractivity contribution < 1.29 is 4.39 Å². The highest BCUT2D eigenvalue weighted by Gasteiger charge is 2.23. The zero-order valence-electron chi connectivity index (χ0n) is 18.3. The highest BCUT2D eigenvalue weighted by atomic mass is 32.1. The molecule has 0 N–H and O–H groups in total. The maximum absolute atomic E-state index is 13.7. The number of benzene rings is 2. The SMILES string of the molecule is Cc1ccc(-n2c(=O)c3c4c(sc3n(Cc3ccc(F)cc3)c2=O)CCCCC4)cc1C. The molecule has 0 saturated carbocycles. The molecule has 2 aromatic carbocycles.